The molecule has 0 saturated heterocycles. The zero-order valence-corrected chi connectivity index (χ0v) is 44.5. The molecule has 36 nitrogen and oxygen atoms in total. The number of fused-ring (bicyclic) bond motifs is 2. The molecule has 0 spiro atoms. The van der Waals surface area contributed by atoms with Gasteiger partial charge >= 0.3 is 17.4 Å². The predicted molar refractivity (Wildman–Crippen MR) is 257 cm³/mol. The van der Waals surface area contributed by atoms with Crippen molar-refractivity contribution in [3.05, 3.63) is 104 Å². The van der Waals surface area contributed by atoms with E-state index in [1.165, 1.54) is 0 Å². The fraction of sp³-hybridized carbons (Fsp3) is 0. The molecular weight excluding hydrogens is 1250 g/mol. The molecule has 6 aromatic carbocycles. The first kappa shape index (κ1) is 61.2. The number of anilines is 6. The Balaban J connectivity index is 0.000000258. The minimum atomic E-state index is -5.52. The van der Waals surface area contributed by atoms with E-state index in [0.29, 0.717) is 48.5 Å². The molecule has 0 aliphatic rings. The predicted octanol–water partition coefficient (Wildman–Crippen LogP) is 2.56. The second-order valence-corrected chi connectivity index (χ2v) is 21.2. The number of nitrogens with zero attached hydrogens (tertiary/aromatic N) is 12. The van der Waals surface area contributed by atoms with Crippen LogP contribution in [-0.2, 0) is 57.8 Å². The molecule has 0 atom stereocenters. The Morgan fingerprint density at radius 1 is 0.481 bits per heavy atom. The van der Waals surface area contributed by atoms with Crippen molar-refractivity contribution in [3.63, 3.8) is 0 Å². The molecule has 81 heavy (non-hydrogen) atoms. The zero-order valence-electron chi connectivity index (χ0n) is 38.4. The van der Waals surface area contributed by atoms with E-state index in [2.05, 4.69) is 61.0 Å². The fourth-order valence-corrected chi connectivity index (χ4v) is 9.31. The molecule has 0 amide bonds. The number of nitro groups is 2. The third-order valence-corrected chi connectivity index (χ3v) is 13.6. The summed E-state index contributed by atoms with van der Waals surface area (Å²) in [5.41, 5.74) is 5.20. The summed E-state index contributed by atoms with van der Waals surface area (Å²) in [6.45, 7) is 0. The van der Waals surface area contributed by atoms with Gasteiger partial charge in [0.05, 0.1) is 52.2 Å². The molecule has 419 valence electrons. The molecule has 0 fully saturated rings. The van der Waals surface area contributed by atoms with Gasteiger partial charge in [0.1, 0.15) is 40.5 Å². The topological polar surface area (TPSA) is 610 Å². The van der Waals surface area contributed by atoms with Crippen molar-refractivity contribution < 1.29 is 99.5 Å². The number of azo groups is 2. The number of rotatable bonds is 14. The van der Waals surface area contributed by atoms with Crippen LogP contribution in [0.4, 0.5) is 69.3 Å². The zero-order chi connectivity index (χ0) is 59.1. The van der Waals surface area contributed by atoms with E-state index in [1.54, 1.807) is 0 Å². The van der Waals surface area contributed by atoms with Crippen LogP contribution in [0.1, 0.15) is 0 Å². The summed E-state index contributed by atoms with van der Waals surface area (Å²) in [5.74, 6) is -6.16. The molecule has 0 bridgehead atoms. The van der Waals surface area contributed by atoms with Crippen LogP contribution in [0, 0.1) is 20.2 Å². The Kier molecular flexibility index (Phi) is 17.4. The quantitative estimate of drug-likeness (QED) is 0.0526. The molecule has 1 radical (unpaired) electrons. The molecule has 0 aliphatic carbocycles. The molecule has 2 heterocycles. The Hall–Kier alpha value is -8.99. The van der Waals surface area contributed by atoms with Crippen molar-refractivity contribution in [1.29, 1.82) is 0 Å². The maximum atomic E-state index is 13.5. The van der Waals surface area contributed by atoms with Crippen LogP contribution in [0.15, 0.2) is 113 Å². The number of nitrogens with two attached hydrogens (primary N) is 2. The van der Waals surface area contributed by atoms with Crippen molar-refractivity contribution in [2.45, 2.75) is 19.6 Å². The van der Waals surface area contributed by atoms with E-state index in [-0.39, 0.29) is 17.4 Å². The first-order valence-corrected chi connectivity index (χ1v) is 26.6. The van der Waals surface area contributed by atoms with Gasteiger partial charge in [0.2, 0.25) is 34.4 Å². The maximum absolute atomic E-state index is 13.5. The monoisotopic (exact) mass is 1270 g/mol. The van der Waals surface area contributed by atoms with Gasteiger partial charge in [-0.3, -0.25) is 20.2 Å². The Morgan fingerprint density at radius 3 is 1.12 bits per heavy atom. The first-order valence-electron chi connectivity index (χ1n) is 20.2. The van der Waals surface area contributed by atoms with Crippen molar-refractivity contribution in [1.82, 2.24) is 29.9 Å². The number of nitro benzene ring substituents is 2. The Labute approximate surface area is 470 Å². The number of nitrogen functional groups attached to an aromatic ring is 2. The van der Waals surface area contributed by atoms with Crippen molar-refractivity contribution >= 4 is 155 Å². The van der Waals surface area contributed by atoms with Crippen LogP contribution >= 0.6 is 23.2 Å². The van der Waals surface area contributed by atoms with Crippen LogP contribution < -0.4 is 42.5 Å². The van der Waals surface area contributed by atoms with Gasteiger partial charge in [-0.1, -0.05) is 35.1 Å². The Morgan fingerprint density at radius 2 is 0.827 bits per heavy atom. The maximum Gasteiger partial charge on any atom is 3.00 e. The minimum absolute atomic E-state index is 0. The van der Waals surface area contributed by atoms with E-state index in [0.717, 1.165) is 24.3 Å². The molecule has 8 aromatic rings. The fourth-order valence-electron chi connectivity index (χ4n) is 6.63. The molecule has 6 N–H and O–H groups in total. The summed E-state index contributed by atoms with van der Waals surface area (Å²) in [5, 5.41) is 88.7. The van der Waals surface area contributed by atoms with Crippen LogP contribution in [0.3, 0.4) is 0 Å². The molecule has 0 saturated carbocycles. The number of halogens is 2. The van der Waals surface area contributed by atoms with Gasteiger partial charge < -0.3 is 60.7 Å². The first-order chi connectivity index (χ1) is 37.1. The van der Waals surface area contributed by atoms with Gasteiger partial charge in [0, 0.05) is 35.6 Å². The van der Waals surface area contributed by atoms with Gasteiger partial charge in [0.15, 0.2) is 0 Å². The van der Waals surface area contributed by atoms with Crippen LogP contribution in [0.2, 0.25) is 10.6 Å². The number of nitrogens with one attached hydrogen (secondary N) is 2. The van der Waals surface area contributed by atoms with E-state index in [9.17, 15) is 92.5 Å². The van der Waals surface area contributed by atoms with Crippen molar-refractivity contribution in [2.75, 3.05) is 22.1 Å². The normalized spacial score (nSPS) is 12.0. The van der Waals surface area contributed by atoms with E-state index in [1.807, 2.05) is 0 Å². The van der Waals surface area contributed by atoms with Gasteiger partial charge in [-0.25, -0.2) is 33.7 Å². The number of non-ortho nitro benzene ring substituents is 2. The largest absolute Gasteiger partial charge is 3.00 e. The average Bonchev–Trinajstić information content (AvgIpc) is 3.49. The molecule has 8 rings (SSSR count). The summed E-state index contributed by atoms with van der Waals surface area (Å²) in [7, 11) is -21.5. The number of hydrogen-bond donors (Lipinski definition) is 4. The van der Waals surface area contributed by atoms with E-state index < -0.39 is 194 Å². The van der Waals surface area contributed by atoms with E-state index in [4.69, 9.17) is 34.7 Å². The number of aromatic nitrogens is 6. The molecule has 0 unspecified atom stereocenters. The van der Waals surface area contributed by atoms with Gasteiger partial charge in [-0.2, -0.15) is 40.1 Å². The molecular formula is C38H18Cl2CrN16O20S4-5. The number of benzene rings is 6. The molecule has 2 aromatic heterocycles. The molecule has 43 heteroatoms. The summed E-state index contributed by atoms with van der Waals surface area (Å²) >= 11 is 11.4. The standard InChI is InChI=1S/2C19H13ClN8O10S2.Cr/c2*20-17-23-18(21)25-19(24-17)22-11-6-9(39(33,34)35)3-7-4-13(40(36,37)38)15(16(30)14(7)11)27-26-10-5-8(28(31)32)1-2-12(10)29;/h2*1-6,29-30H,(H,33,34,35)(H,36,37,38)(H3,21,22,23,24,25);/q;;+3/p-8. The van der Waals surface area contributed by atoms with Crippen molar-refractivity contribution in [3.8, 4) is 23.0 Å². The number of hydrogen-bond acceptors (Lipinski definition) is 34. The summed E-state index contributed by atoms with van der Waals surface area (Å²) in [4.78, 5) is 37.6. The second-order valence-electron chi connectivity index (χ2n) is 15.1. The average molecular weight is 1270 g/mol. The summed E-state index contributed by atoms with van der Waals surface area (Å²) in [6, 6.07) is 8.38. The SMILES string of the molecule is Nc1nc(Cl)nc(Nc2cc(S(=O)(=O)[O-])cc3cc(S(=O)(=O)[O-])c(N=Nc4cc([N+](=O)[O-])ccc4[O-])c([O-])c23)n1.Nc1nc(Cl)nc(Nc2cc(S(=O)(=O)[O-])cc3cc(S(=O)(=O)[O-])c(N=Nc4cc([N+](=O)[O-])ccc4[O-])c([O-])c23)n1.[Cr+3]. The second kappa shape index (κ2) is 23.0. The minimum Gasteiger partial charge on any atom is -0.871 e. The van der Waals surface area contributed by atoms with Crippen LogP contribution in [0.5, 0.6) is 23.0 Å². The third kappa shape index (κ3) is 14.1. The van der Waals surface area contributed by atoms with E-state index >= 15 is 0 Å². The van der Waals surface area contributed by atoms with Gasteiger partial charge in [0.25, 0.3) is 11.4 Å². The summed E-state index contributed by atoms with van der Waals surface area (Å²) in [6.07, 6.45) is 0. The Bertz CT molecular complexity index is 4190. The smallest absolute Gasteiger partial charge is 0.871 e. The third-order valence-electron chi connectivity index (χ3n) is 9.89. The van der Waals surface area contributed by atoms with Gasteiger partial charge in [-0.05, 0) is 81.1 Å². The molecule has 0 aliphatic heterocycles. The van der Waals surface area contributed by atoms with Crippen LogP contribution in [-0.4, -0.2) is 91.6 Å². The summed E-state index contributed by atoms with van der Waals surface area (Å²) < 4.78 is 143. The van der Waals surface area contributed by atoms with Crippen LogP contribution in [0.25, 0.3) is 21.5 Å². The van der Waals surface area contributed by atoms with Crippen molar-refractivity contribution in [2.24, 2.45) is 20.5 Å². The van der Waals surface area contributed by atoms with Gasteiger partial charge in [-0.15, -0.1) is 10.2 Å².